The van der Waals surface area contributed by atoms with E-state index in [0.29, 0.717) is 24.4 Å². The molecule has 2 heterocycles. The molecule has 1 saturated heterocycles. The molecule has 3 aromatic rings. The summed E-state index contributed by atoms with van der Waals surface area (Å²) in [7, 11) is 0. The van der Waals surface area contributed by atoms with Crippen LogP contribution in [0.2, 0.25) is 0 Å². The minimum absolute atomic E-state index is 0.0646. The molecule has 0 aliphatic carbocycles. The van der Waals surface area contributed by atoms with Crippen molar-refractivity contribution in [2.75, 3.05) is 18.5 Å². The molecule has 1 aromatic heterocycles. The van der Waals surface area contributed by atoms with Gasteiger partial charge in [-0.2, -0.15) is 0 Å². The Balaban J connectivity index is 1.60. The van der Waals surface area contributed by atoms with Crippen molar-refractivity contribution in [3.63, 3.8) is 0 Å². The average molecular weight is 423 g/mol. The number of urea groups is 1. The van der Waals surface area contributed by atoms with Gasteiger partial charge in [0, 0.05) is 29.9 Å². The topological polar surface area (TPSA) is 74.4 Å². The minimum atomic E-state index is -0.372. The fraction of sp³-hybridized carbons (Fsp3) is 0.333. The van der Waals surface area contributed by atoms with Gasteiger partial charge in [-0.25, -0.2) is 9.18 Å². The van der Waals surface area contributed by atoms with Crippen LogP contribution in [0, 0.1) is 5.82 Å². The van der Waals surface area contributed by atoms with Crippen molar-refractivity contribution in [3.05, 3.63) is 75.8 Å². The number of fused-ring (bicyclic) bond motifs is 1. The zero-order valence-electron chi connectivity index (χ0n) is 17.5. The van der Waals surface area contributed by atoms with E-state index in [2.05, 4.69) is 23.3 Å². The number of aromatic nitrogens is 1. The molecule has 1 atom stereocenters. The molecule has 0 unspecified atom stereocenters. The molecule has 0 spiro atoms. The summed E-state index contributed by atoms with van der Waals surface area (Å²) in [5, 5.41) is 3.73. The molecule has 2 N–H and O–H groups in total. The van der Waals surface area contributed by atoms with E-state index in [4.69, 9.17) is 4.74 Å². The maximum Gasteiger partial charge on any atom is 0.322 e. The number of benzene rings is 2. The summed E-state index contributed by atoms with van der Waals surface area (Å²) in [6, 6.07) is 13.0. The molecule has 1 aliphatic heterocycles. The van der Waals surface area contributed by atoms with Gasteiger partial charge in [0.25, 0.3) is 5.56 Å². The number of aryl methyl sites for hydroxylation is 1. The van der Waals surface area contributed by atoms with Crippen LogP contribution in [0.15, 0.2) is 53.3 Å². The Hall–Kier alpha value is -3.19. The van der Waals surface area contributed by atoms with Crippen molar-refractivity contribution in [3.8, 4) is 0 Å². The van der Waals surface area contributed by atoms with Crippen LogP contribution in [-0.4, -0.2) is 35.2 Å². The molecule has 2 amide bonds. The number of carbonyl (C=O) groups is 1. The largest absolute Gasteiger partial charge is 0.376 e. The summed E-state index contributed by atoms with van der Waals surface area (Å²) in [4.78, 5) is 30.2. The van der Waals surface area contributed by atoms with Crippen LogP contribution in [0.4, 0.5) is 14.9 Å². The lowest BCUT2D eigenvalue weighted by Gasteiger charge is -2.25. The number of hydrogen-bond acceptors (Lipinski definition) is 3. The van der Waals surface area contributed by atoms with Gasteiger partial charge in [0.15, 0.2) is 0 Å². The van der Waals surface area contributed by atoms with Crippen molar-refractivity contribution in [2.24, 2.45) is 0 Å². The molecule has 4 rings (SSSR count). The summed E-state index contributed by atoms with van der Waals surface area (Å²) in [6.45, 7) is 3.28. The first kappa shape index (κ1) is 21.1. The number of pyridine rings is 1. The maximum absolute atomic E-state index is 13.2. The Kier molecular flexibility index (Phi) is 6.32. The van der Waals surface area contributed by atoms with Crippen molar-refractivity contribution in [2.45, 2.75) is 38.8 Å². The summed E-state index contributed by atoms with van der Waals surface area (Å²) in [5.41, 5.74) is 2.73. The highest BCUT2D eigenvalue weighted by Gasteiger charge is 2.24. The minimum Gasteiger partial charge on any atom is -0.376 e. The fourth-order valence-corrected chi connectivity index (χ4v) is 3.83. The maximum atomic E-state index is 13.2. The van der Waals surface area contributed by atoms with Gasteiger partial charge in [0.1, 0.15) is 5.82 Å². The van der Waals surface area contributed by atoms with Gasteiger partial charge in [0.2, 0.25) is 0 Å². The second-order valence-corrected chi connectivity index (χ2v) is 7.85. The summed E-state index contributed by atoms with van der Waals surface area (Å²) in [5.74, 6) is -0.372. The van der Waals surface area contributed by atoms with Crippen LogP contribution >= 0.6 is 0 Å². The monoisotopic (exact) mass is 423 g/mol. The number of halogens is 1. The second kappa shape index (κ2) is 9.31. The summed E-state index contributed by atoms with van der Waals surface area (Å²) >= 11 is 0. The third-order valence-corrected chi connectivity index (χ3v) is 5.59. The molecule has 0 bridgehead atoms. The molecular weight excluding hydrogens is 397 g/mol. The van der Waals surface area contributed by atoms with Crippen molar-refractivity contribution >= 4 is 22.6 Å². The molecule has 162 valence electrons. The molecule has 2 aromatic carbocycles. The van der Waals surface area contributed by atoms with E-state index in [9.17, 15) is 14.0 Å². The van der Waals surface area contributed by atoms with Gasteiger partial charge < -0.3 is 19.9 Å². The number of aromatic amines is 1. The predicted molar refractivity (Wildman–Crippen MR) is 119 cm³/mol. The van der Waals surface area contributed by atoms with Crippen LogP contribution in [0.25, 0.3) is 10.9 Å². The number of H-pyrrole nitrogens is 1. The Bertz CT molecular complexity index is 1120. The lowest BCUT2D eigenvalue weighted by atomic mass is 10.1. The molecule has 7 heteroatoms. The van der Waals surface area contributed by atoms with Crippen LogP contribution in [-0.2, 0) is 17.7 Å². The first-order valence-corrected chi connectivity index (χ1v) is 10.6. The van der Waals surface area contributed by atoms with E-state index in [0.717, 1.165) is 30.2 Å². The van der Waals surface area contributed by atoms with Crippen LogP contribution in [0.5, 0.6) is 0 Å². The Morgan fingerprint density at radius 1 is 1.23 bits per heavy atom. The van der Waals surface area contributed by atoms with Gasteiger partial charge >= 0.3 is 6.03 Å². The van der Waals surface area contributed by atoms with E-state index in [1.807, 2.05) is 18.2 Å². The second-order valence-electron chi connectivity index (χ2n) is 7.85. The Morgan fingerprint density at radius 2 is 2.03 bits per heavy atom. The Morgan fingerprint density at radius 3 is 2.74 bits per heavy atom. The number of hydrogen-bond donors (Lipinski definition) is 2. The first-order valence-electron chi connectivity index (χ1n) is 10.6. The quantitative estimate of drug-likeness (QED) is 0.615. The summed E-state index contributed by atoms with van der Waals surface area (Å²) < 4.78 is 18.9. The molecule has 1 aliphatic rings. The molecule has 31 heavy (non-hydrogen) atoms. The highest BCUT2D eigenvalue weighted by molar-refractivity contribution is 5.89. The Labute approximate surface area is 180 Å². The lowest BCUT2D eigenvalue weighted by molar-refractivity contribution is 0.0818. The number of rotatable bonds is 6. The SMILES string of the molecule is CCc1ccc2[nH]c(=O)c(CN(C[C@H]3CCCO3)C(=O)Nc3ccc(F)cc3)cc2c1. The van der Waals surface area contributed by atoms with Gasteiger partial charge in [0.05, 0.1) is 12.6 Å². The van der Waals surface area contributed by atoms with Gasteiger partial charge in [-0.3, -0.25) is 4.79 Å². The number of nitrogens with one attached hydrogen (secondary N) is 2. The first-order chi connectivity index (χ1) is 15.0. The average Bonchev–Trinajstić information content (AvgIpc) is 3.28. The third kappa shape index (κ3) is 5.11. The van der Waals surface area contributed by atoms with Crippen LogP contribution in [0.3, 0.4) is 0 Å². The smallest absolute Gasteiger partial charge is 0.322 e. The van der Waals surface area contributed by atoms with Crippen LogP contribution < -0.4 is 10.9 Å². The number of ether oxygens (including phenoxy) is 1. The van der Waals surface area contributed by atoms with E-state index < -0.39 is 0 Å². The molecule has 0 saturated carbocycles. The highest BCUT2D eigenvalue weighted by Crippen LogP contribution is 2.18. The summed E-state index contributed by atoms with van der Waals surface area (Å²) in [6.07, 6.45) is 2.66. The normalized spacial score (nSPS) is 15.9. The fourth-order valence-electron chi connectivity index (χ4n) is 3.83. The van der Waals surface area contributed by atoms with E-state index >= 15 is 0 Å². The zero-order chi connectivity index (χ0) is 21.8. The number of nitrogens with zero attached hydrogens (tertiary/aromatic N) is 1. The number of amides is 2. The number of carbonyl (C=O) groups excluding carboxylic acids is 1. The lowest BCUT2D eigenvalue weighted by Crippen LogP contribution is -2.40. The van der Waals surface area contributed by atoms with Crippen molar-refractivity contribution in [1.82, 2.24) is 9.88 Å². The van der Waals surface area contributed by atoms with E-state index in [1.165, 1.54) is 29.8 Å². The van der Waals surface area contributed by atoms with Gasteiger partial charge in [-0.1, -0.05) is 13.0 Å². The highest BCUT2D eigenvalue weighted by atomic mass is 19.1. The molecular formula is C24H26FN3O3. The van der Waals surface area contributed by atoms with Crippen molar-refractivity contribution in [1.29, 1.82) is 0 Å². The standard InChI is InChI=1S/C24H26FN3O3/c1-2-16-5-10-22-17(12-16)13-18(23(29)27-22)14-28(15-21-4-3-11-31-21)24(30)26-20-8-6-19(25)7-9-20/h5-10,12-13,21H,2-4,11,14-15H2,1H3,(H,26,30)(H,27,29)/t21-/m1/s1. The van der Waals surface area contributed by atoms with E-state index in [-0.39, 0.29) is 30.1 Å². The van der Waals surface area contributed by atoms with E-state index in [1.54, 1.807) is 4.90 Å². The van der Waals surface area contributed by atoms with Crippen molar-refractivity contribution < 1.29 is 13.9 Å². The zero-order valence-corrected chi connectivity index (χ0v) is 17.5. The molecule has 0 radical (unpaired) electrons. The third-order valence-electron chi connectivity index (χ3n) is 5.59. The van der Waals surface area contributed by atoms with Gasteiger partial charge in [-0.15, -0.1) is 0 Å². The predicted octanol–water partition coefficient (Wildman–Crippen LogP) is 4.44. The molecule has 1 fully saturated rings. The number of anilines is 1. The van der Waals surface area contributed by atoms with Crippen LogP contribution in [0.1, 0.15) is 30.9 Å². The molecule has 6 nitrogen and oxygen atoms in total. The van der Waals surface area contributed by atoms with Gasteiger partial charge in [-0.05, 0) is 72.7 Å².